The van der Waals surface area contributed by atoms with Crippen LogP contribution in [0.2, 0.25) is 0 Å². The molecule has 0 amide bonds. The molecule has 19 heavy (non-hydrogen) atoms. The maximum absolute atomic E-state index is 5.41. The van der Waals surface area contributed by atoms with Gasteiger partial charge in [0, 0.05) is 0 Å². The number of aliphatic imine (C=N–C) groups is 1. The van der Waals surface area contributed by atoms with Gasteiger partial charge in [0.15, 0.2) is 0 Å². The van der Waals surface area contributed by atoms with Crippen LogP contribution in [0.25, 0.3) is 6.08 Å². The molecule has 98 valence electrons. The molecule has 0 aliphatic carbocycles. The Morgan fingerprint density at radius 3 is 2.53 bits per heavy atom. The van der Waals surface area contributed by atoms with E-state index >= 15 is 0 Å². The summed E-state index contributed by atoms with van der Waals surface area (Å²) < 4.78 is 9.35. The molecular formula is C15H18N3O+. The van der Waals surface area contributed by atoms with Gasteiger partial charge in [0.1, 0.15) is 12.4 Å². The van der Waals surface area contributed by atoms with E-state index < -0.39 is 0 Å². The summed E-state index contributed by atoms with van der Waals surface area (Å²) in [6, 6.07) is 7.84. The molecule has 0 saturated heterocycles. The minimum Gasteiger partial charge on any atom is -0.475 e. The van der Waals surface area contributed by atoms with E-state index in [2.05, 4.69) is 11.6 Å². The summed E-state index contributed by atoms with van der Waals surface area (Å²) >= 11 is 0. The number of benzene rings is 1. The lowest BCUT2D eigenvalue weighted by Crippen LogP contribution is -2.35. The van der Waals surface area contributed by atoms with Crippen LogP contribution >= 0.6 is 0 Å². The Morgan fingerprint density at radius 1 is 1.37 bits per heavy atom. The number of nitrogens with zero attached hydrogens (tertiary/aromatic N) is 3. The third-order valence-electron chi connectivity index (χ3n) is 2.93. The first-order valence-electron chi connectivity index (χ1n) is 6.02. The van der Waals surface area contributed by atoms with Crippen molar-refractivity contribution in [2.24, 2.45) is 19.1 Å². The topological polar surface area (TPSA) is 30.4 Å². The van der Waals surface area contributed by atoms with Crippen molar-refractivity contribution >= 4 is 17.7 Å². The standard InChI is InChI=1S/C15H18N3O/c1-5-12-6-8-13(9-7-12)16-14(19-4)15-17(2)10-11-18(15)3/h5-11H,1H2,2-4H3/q+1/b16-14-. The highest BCUT2D eigenvalue weighted by atomic mass is 16.5. The van der Waals surface area contributed by atoms with Crippen LogP contribution in [0.15, 0.2) is 48.2 Å². The smallest absolute Gasteiger partial charge is 0.344 e. The van der Waals surface area contributed by atoms with E-state index in [1.807, 2.05) is 66.0 Å². The fraction of sp³-hybridized carbons (Fsp3) is 0.200. The molecule has 0 spiro atoms. The molecule has 0 aliphatic rings. The van der Waals surface area contributed by atoms with E-state index in [1.54, 1.807) is 7.11 Å². The molecule has 4 nitrogen and oxygen atoms in total. The van der Waals surface area contributed by atoms with Gasteiger partial charge in [-0.1, -0.05) is 24.8 Å². The van der Waals surface area contributed by atoms with E-state index in [0.29, 0.717) is 5.90 Å². The second-order valence-corrected chi connectivity index (χ2v) is 4.26. The Labute approximate surface area is 113 Å². The summed E-state index contributed by atoms with van der Waals surface area (Å²) in [6.45, 7) is 3.73. The number of imidazole rings is 1. The molecule has 1 aromatic carbocycles. The molecule has 1 aromatic heterocycles. The lowest BCUT2D eigenvalue weighted by Gasteiger charge is -2.03. The fourth-order valence-electron chi connectivity index (χ4n) is 1.88. The summed E-state index contributed by atoms with van der Waals surface area (Å²) in [5.41, 5.74) is 1.92. The first-order chi connectivity index (χ1) is 9.15. The summed E-state index contributed by atoms with van der Waals surface area (Å²) in [7, 11) is 5.55. The highest BCUT2D eigenvalue weighted by Crippen LogP contribution is 2.15. The Balaban J connectivity index is 2.40. The number of aryl methyl sites for hydroxylation is 2. The highest BCUT2D eigenvalue weighted by Gasteiger charge is 2.19. The van der Waals surface area contributed by atoms with Gasteiger partial charge in [-0.05, 0) is 17.7 Å². The van der Waals surface area contributed by atoms with Crippen molar-refractivity contribution in [3.63, 3.8) is 0 Å². The van der Waals surface area contributed by atoms with E-state index in [4.69, 9.17) is 4.74 Å². The monoisotopic (exact) mass is 256 g/mol. The molecule has 0 atom stereocenters. The third-order valence-corrected chi connectivity index (χ3v) is 2.93. The second kappa shape index (κ2) is 5.52. The first kappa shape index (κ1) is 13.1. The lowest BCUT2D eigenvalue weighted by atomic mass is 10.2. The fourth-order valence-corrected chi connectivity index (χ4v) is 1.88. The normalized spacial score (nSPS) is 11.4. The van der Waals surface area contributed by atoms with Crippen molar-refractivity contribution in [2.75, 3.05) is 7.11 Å². The summed E-state index contributed by atoms with van der Waals surface area (Å²) in [5, 5.41) is 0. The molecule has 0 N–H and O–H groups in total. The zero-order valence-corrected chi connectivity index (χ0v) is 11.5. The Morgan fingerprint density at radius 2 is 2.05 bits per heavy atom. The maximum atomic E-state index is 5.41. The van der Waals surface area contributed by atoms with Gasteiger partial charge >= 0.3 is 11.7 Å². The van der Waals surface area contributed by atoms with Crippen LogP contribution in [-0.4, -0.2) is 17.6 Å². The summed E-state index contributed by atoms with van der Waals surface area (Å²) in [4.78, 5) is 4.54. The van der Waals surface area contributed by atoms with Gasteiger partial charge in [-0.25, -0.2) is 14.1 Å². The quantitative estimate of drug-likeness (QED) is 0.470. The molecule has 0 saturated carbocycles. The molecule has 2 aromatic rings. The molecule has 2 rings (SSSR count). The Bertz CT molecular complexity index is 589. The molecule has 4 heteroatoms. The van der Waals surface area contributed by atoms with Crippen molar-refractivity contribution in [2.45, 2.75) is 0 Å². The van der Waals surface area contributed by atoms with Crippen LogP contribution in [-0.2, 0) is 18.8 Å². The van der Waals surface area contributed by atoms with Crippen molar-refractivity contribution < 1.29 is 9.30 Å². The van der Waals surface area contributed by atoms with Gasteiger partial charge in [0.25, 0.3) is 0 Å². The number of aromatic nitrogens is 2. The van der Waals surface area contributed by atoms with Crippen molar-refractivity contribution in [3.8, 4) is 0 Å². The van der Waals surface area contributed by atoms with Gasteiger partial charge < -0.3 is 4.74 Å². The van der Waals surface area contributed by atoms with Crippen LogP contribution in [0.5, 0.6) is 0 Å². The number of methoxy groups -OCH3 is 1. The lowest BCUT2D eigenvalue weighted by molar-refractivity contribution is -0.672. The van der Waals surface area contributed by atoms with Gasteiger partial charge in [0.05, 0.1) is 26.9 Å². The molecule has 0 fully saturated rings. The molecule has 0 radical (unpaired) electrons. The van der Waals surface area contributed by atoms with E-state index in [9.17, 15) is 0 Å². The minimum atomic E-state index is 0.585. The van der Waals surface area contributed by atoms with Crippen LogP contribution in [0, 0.1) is 0 Å². The SMILES string of the molecule is C=Cc1ccc(/N=C(\OC)c2n(C)cc[n+]2C)cc1. The Kier molecular flexibility index (Phi) is 3.80. The maximum Gasteiger partial charge on any atom is 0.344 e. The predicted molar refractivity (Wildman–Crippen MR) is 76.3 cm³/mol. The van der Waals surface area contributed by atoms with Crippen LogP contribution < -0.4 is 4.57 Å². The van der Waals surface area contributed by atoms with E-state index in [1.165, 1.54) is 0 Å². The van der Waals surface area contributed by atoms with Gasteiger partial charge in [-0.2, -0.15) is 0 Å². The van der Waals surface area contributed by atoms with E-state index in [-0.39, 0.29) is 0 Å². The third kappa shape index (κ3) is 2.73. The van der Waals surface area contributed by atoms with Crippen LogP contribution in [0.4, 0.5) is 5.69 Å². The average molecular weight is 256 g/mol. The van der Waals surface area contributed by atoms with Gasteiger partial charge in [-0.15, -0.1) is 0 Å². The zero-order valence-electron chi connectivity index (χ0n) is 11.5. The van der Waals surface area contributed by atoms with E-state index in [0.717, 1.165) is 17.1 Å². The summed E-state index contributed by atoms with van der Waals surface area (Å²) in [5.74, 6) is 1.50. The zero-order chi connectivity index (χ0) is 13.8. The molecular weight excluding hydrogens is 238 g/mol. The van der Waals surface area contributed by atoms with Crippen molar-refractivity contribution in [1.82, 2.24) is 4.57 Å². The number of ether oxygens (including phenoxy) is 1. The van der Waals surface area contributed by atoms with Gasteiger partial charge in [0.2, 0.25) is 0 Å². The van der Waals surface area contributed by atoms with Gasteiger partial charge in [-0.3, -0.25) is 0 Å². The average Bonchev–Trinajstić information content (AvgIpc) is 2.76. The first-order valence-corrected chi connectivity index (χ1v) is 6.02. The van der Waals surface area contributed by atoms with Crippen LogP contribution in [0.3, 0.4) is 0 Å². The highest BCUT2D eigenvalue weighted by molar-refractivity contribution is 5.91. The molecule has 1 heterocycles. The number of hydrogen-bond acceptors (Lipinski definition) is 2. The predicted octanol–water partition coefficient (Wildman–Crippen LogP) is 2.22. The second-order valence-electron chi connectivity index (χ2n) is 4.26. The Hall–Kier alpha value is -2.36. The summed E-state index contributed by atoms with van der Waals surface area (Å²) in [6.07, 6.45) is 5.73. The number of hydrogen-bond donors (Lipinski definition) is 0. The molecule has 0 unspecified atom stereocenters. The van der Waals surface area contributed by atoms with Crippen molar-refractivity contribution in [3.05, 3.63) is 54.6 Å². The van der Waals surface area contributed by atoms with Crippen molar-refractivity contribution in [1.29, 1.82) is 0 Å². The largest absolute Gasteiger partial charge is 0.475 e. The van der Waals surface area contributed by atoms with Crippen LogP contribution in [0.1, 0.15) is 11.4 Å². The minimum absolute atomic E-state index is 0.585. The number of rotatable bonds is 3. The molecule has 0 bridgehead atoms. The molecule has 0 aliphatic heterocycles.